The van der Waals surface area contributed by atoms with Crippen molar-refractivity contribution < 1.29 is 99.2 Å². The lowest BCUT2D eigenvalue weighted by Crippen LogP contribution is -2.60. The molecule has 7 fully saturated rings. The Morgan fingerprint density at radius 1 is 0.693 bits per heavy atom. The molecule has 20 heteroatoms. The van der Waals surface area contributed by atoms with Crippen molar-refractivity contribution in [2.45, 2.75) is 255 Å². The van der Waals surface area contributed by atoms with Gasteiger partial charge >= 0.3 is 0 Å². The maximum Gasteiger partial charge on any atom is 0.187 e. The summed E-state index contributed by atoms with van der Waals surface area (Å²) >= 11 is 0. The second kappa shape index (κ2) is 22.8. The first-order chi connectivity index (χ1) is 35.1. The molecule has 20 nitrogen and oxygen atoms in total. The SMILES string of the molecule is C=C(O)[C@H]1O[C@H](OC[C@@H]2C[C@H](O)C(O[C@@H]3OC(CO)C[C@H](O)[C@H]3O)[C@H](O[C@H](CC[C@@H](C)C3CC[C@@]4(C)C5CC=C6C(CC[C@H](O[C@@H]7O[C@H](CO)C[C@H](O)[C@H]7O)C6(C)C)[C@]5(C)CC[C@]34C)C(C)(C)O)O2)[C@H](O)[C@@H](O)[C@@H]1O. The summed E-state index contributed by atoms with van der Waals surface area (Å²) in [4.78, 5) is 0. The Bertz CT molecular complexity index is 1970. The molecule has 5 unspecified atom stereocenters. The fraction of sp³-hybridized carbons (Fsp3) is 0.927. The van der Waals surface area contributed by atoms with Crippen LogP contribution in [0.3, 0.4) is 0 Å². The van der Waals surface area contributed by atoms with E-state index in [0.717, 1.165) is 44.9 Å². The van der Waals surface area contributed by atoms with Crippen LogP contribution in [-0.4, -0.2) is 203 Å². The molecular weight excluding hydrogens is 981 g/mol. The Morgan fingerprint density at radius 3 is 1.89 bits per heavy atom. The van der Waals surface area contributed by atoms with E-state index in [0.29, 0.717) is 30.6 Å². The third kappa shape index (κ3) is 11.3. The molecule has 4 aliphatic heterocycles. The lowest BCUT2D eigenvalue weighted by atomic mass is 9.39. The van der Waals surface area contributed by atoms with Crippen molar-refractivity contribution in [1.29, 1.82) is 0 Å². The number of rotatable bonds is 17. The van der Waals surface area contributed by atoms with Crippen LogP contribution in [0.25, 0.3) is 0 Å². The van der Waals surface area contributed by atoms with Gasteiger partial charge in [-0.05, 0) is 112 Å². The van der Waals surface area contributed by atoms with E-state index in [-0.39, 0.29) is 66.2 Å². The minimum atomic E-state index is -1.75. The molecule has 3 saturated carbocycles. The van der Waals surface area contributed by atoms with Gasteiger partial charge in [-0.3, -0.25) is 0 Å². The maximum atomic E-state index is 11.8. The van der Waals surface area contributed by atoms with Crippen LogP contribution in [0.1, 0.15) is 132 Å². The number of fused-ring (bicyclic) bond motifs is 5. The average Bonchev–Trinajstić information content (AvgIpc) is 3.66. The Balaban J connectivity index is 0.961. The summed E-state index contributed by atoms with van der Waals surface area (Å²) in [6.07, 6.45) is -13.1. The normalized spacial score (nSPS) is 48.9. The summed E-state index contributed by atoms with van der Waals surface area (Å²) in [7, 11) is 0. The van der Waals surface area contributed by atoms with E-state index < -0.39 is 129 Å². The number of ether oxygens (including phenoxy) is 8. The van der Waals surface area contributed by atoms with Crippen molar-refractivity contribution in [2.24, 2.45) is 45.3 Å². The van der Waals surface area contributed by atoms with Gasteiger partial charge in [0.25, 0.3) is 0 Å². The Morgan fingerprint density at radius 2 is 1.29 bits per heavy atom. The summed E-state index contributed by atoms with van der Waals surface area (Å²) in [5.41, 5.74) is -0.319. The third-order valence-corrected chi connectivity index (χ3v) is 20.3. The van der Waals surface area contributed by atoms with E-state index in [1.54, 1.807) is 13.8 Å². The van der Waals surface area contributed by atoms with Gasteiger partial charge in [-0.25, -0.2) is 0 Å². The average molecular weight is 1070 g/mol. The number of aliphatic hydroxyl groups is 12. The summed E-state index contributed by atoms with van der Waals surface area (Å²) in [6.45, 7) is 19.8. The zero-order valence-corrected chi connectivity index (χ0v) is 45.3. The van der Waals surface area contributed by atoms with E-state index in [2.05, 4.69) is 54.2 Å². The van der Waals surface area contributed by atoms with Gasteiger partial charge in [0.1, 0.15) is 48.5 Å². The van der Waals surface area contributed by atoms with Gasteiger partial charge in [0.15, 0.2) is 25.2 Å². The molecule has 4 saturated heterocycles. The molecule has 0 spiro atoms. The molecule has 8 rings (SSSR count). The topological polar surface area (TPSA) is 317 Å². The lowest BCUT2D eigenvalue weighted by molar-refractivity contribution is -0.360. The molecule has 4 aliphatic carbocycles. The quantitative estimate of drug-likeness (QED) is 0.0732. The number of aliphatic hydroxyl groups excluding tert-OH is 11. The van der Waals surface area contributed by atoms with Crippen molar-refractivity contribution in [1.82, 2.24) is 0 Å². The van der Waals surface area contributed by atoms with Crippen LogP contribution >= 0.6 is 0 Å². The van der Waals surface area contributed by atoms with Crippen LogP contribution in [0.15, 0.2) is 24.0 Å². The van der Waals surface area contributed by atoms with Gasteiger partial charge in [-0.15, -0.1) is 0 Å². The Labute approximate surface area is 441 Å². The molecule has 4 heterocycles. The van der Waals surface area contributed by atoms with Crippen molar-refractivity contribution in [3.8, 4) is 0 Å². The van der Waals surface area contributed by atoms with E-state index in [4.69, 9.17) is 37.9 Å². The predicted molar refractivity (Wildman–Crippen MR) is 267 cm³/mol. The van der Waals surface area contributed by atoms with Crippen molar-refractivity contribution >= 4 is 0 Å². The molecule has 0 bridgehead atoms. The highest BCUT2D eigenvalue weighted by Crippen LogP contribution is 2.75. The highest BCUT2D eigenvalue weighted by Gasteiger charge is 2.68. The second-order valence-corrected chi connectivity index (χ2v) is 25.7. The van der Waals surface area contributed by atoms with Crippen LogP contribution in [0, 0.1) is 45.3 Å². The van der Waals surface area contributed by atoms with Gasteiger partial charge in [0.05, 0.1) is 74.3 Å². The van der Waals surface area contributed by atoms with Gasteiger partial charge in [-0.2, -0.15) is 0 Å². The highest BCUT2D eigenvalue weighted by atomic mass is 16.8. The van der Waals surface area contributed by atoms with Gasteiger partial charge in [-0.1, -0.05) is 59.8 Å². The van der Waals surface area contributed by atoms with Crippen molar-refractivity contribution in [2.75, 3.05) is 19.8 Å². The van der Waals surface area contributed by atoms with Crippen LogP contribution < -0.4 is 0 Å². The smallest absolute Gasteiger partial charge is 0.187 e. The van der Waals surface area contributed by atoms with E-state index >= 15 is 0 Å². The zero-order chi connectivity index (χ0) is 54.9. The molecule has 0 radical (unpaired) electrons. The largest absolute Gasteiger partial charge is 0.510 e. The second-order valence-electron chi connectivity index (χ2n) is 25.7. The van der Waals surface area contributed by atoms with Crippen LogP contribution in [0.2, 0.25) is 0 Å². The molecule has 12 N–H and O–H groups in total. The summed E-state index contributed by atoms with van der Waals surface area (Å²) in [5.74, 6) is 0.765. The minimum Gasteiger partial charge on any atom is -0.510 e. The molecule has 0 aromatic carbocycles. The summed E-state index contributed by atoms with van der Waals surface area (Å²) in [6, 6.07) is 0. The van der Waals surface area contributed by atoms with Gasteiger partial charge < -0.3 is 99.2 Å². The van der Waals surface area contributed by atoms with Crippen LogP contribution in [0.5, 0.6) is 0 Å². The molecular formula is C55H92O20. The highest BCUT2D eigenvalue weighted by molar-refractivity contribution is 5.30. The number of allylic oxidation sites excluding steroid dienone is 1. The fourth-order valence-electron chi connectivity index (χ4n) is 15.6. The standard InChI is InChI=1S/C55H92O20/c1-26(31-16-17-55(9)37-13-11-32-33(53(37,7)18-19-54(31,55)8)12-15-38(51(32,3)4)72-48-40(62)34(59)20-28(23-56)69-48)10-14-39(52(5,6)67)73-50-46(75-49-41(63)35(60)21-29(24-57)70-49)36(61)22-30(71-50)25-68-47-44(66)42(64)43(65)45(74-47)27(2)58/h11,26,28-31,33-50,56-67H,2,10,12-25H2,1,3-9H3/t26-,28+,29?,30+,31?,33?,34+,35+,36+,37?,38+,39-,40-,41-,42+,43+,44-,45-,46?,47+,48+,49+,50+,53+,54-,55+/m1/s1. The summed E-state index contributed by atoms with van der Waals surface area (Å²) < 4.78 is 48.9. The zero-order valence-electron chi connectivity index (χ0n) is 45.3. The maximum absolute atomic E-state index is 11.8. The molecule has 432 valence electrons. The molecule has 0 amide bonds. The molecule has 0 aromatic heterocycles. The molecule has 0 aromatic rings. The first-order valence-corrected chi connectivity index (χ1v) is 27.8. The van der Waals surface area contributed by atoms with Crippen LogP contribution in [0.4, 0.5) is 0 Å². The van der Waals surface area contributed by atoms with Crippen molar-refractivity contribution in [3.63, 3.8) is 0 Å². The number of hydrogen-bond donors (Lipinski definition) is 12. The first-order valence-electron chi connectivity index (χ1n) is 27.8. The molecule has 26 atom stereocenters. The minimum absolute atomic E-state index is 0.0101. The fourth-order valence-corrected chi connectivity index (χ4v) is 15.6. The Kier molecular flexibility index (Phi) is 18.1. The Hall–Kier alpha value is -1.48. The summed E-state index contributed by atoms with van der Waals surface area (Å²) in [5, 5.41) is 128. The number of hydrogen-bond acceptors (Lipinski definition) is 20. The lowest BCUT2D eigenvalue weighted by Gasteiger charge is -2.66. The van der Waals surface area contributed by atoms with Gasteiger partial charge in [0, 0.05) is 24.7 Å². The van der Waals surface area contributed by atoms with E-state index in [9.17, 15) is 61.3 Å². The van der Waals surface area contributed by atoms with Crippen molar-refractivity contribution in [3.05, 3.63) is 24.0 Å². The monoisotopic (exact) mass is 1070 g/mol. The molecule has 8 aliphatic rings. The van der Waals surface area contributed by atoms with Crippen LogP contribution in [-0.2, 0) is 37.9 Å². The first kappa shape index (κ1) is 59.6. The van der Waals surface area contributed by atoms with E-state index in [1.807, 2.05) is 0 Å². The predicted octanol–water partition coefficient (Wildman–Crippen LogP) is 1.96. The molecule has 75 heavy (non-hydrogen) atoms. The third-order valence-electron chi connectivity index (χ3n) is 20.3. The van der Waals surface area contributed by atoms with Gasteiger partial charge in [0.2, 0.25) is 0 Å². The van der Waals surface area contributed by atoms with E-state index in [1.165, 1.54) is 5.57 Å².